The summed E-state index contributed by atoms with van der Waals surface area (Å²) in [6, 6.07) is 5.10. The molecule has 1 aliphatic rings. The predicted octanol–water partition coefficient (Wildman–Crippen LogP) is 3.06. The van der Waals surface area contributed by atoms with E-state index in [4.69, 9.17) is 9.47 Å². The van der Waals surface area contributed by atoms with Crippen LogP contribution in [0, 0.1) is 0 Å². The van der Waals surface area contributed by atoms with Gasteiger partial charge in [0.05, 0.1) is 17.1 Å². The number of carbonyl (C=O) groups is 2. The molecule has 22 heavy (non-hydrogen) atoms. The number of halogens is 1. The molecule has 1 aromatic rings. The Morgan fingerprint density at radius 2 is 2.00 bits per heavy atom. The Morgan fingerprint density at radius 3 is 2.59 bits per heavy atom. The summed E-state index contributed by atoms with van der Waals surface area (Å²) in [4.78, 5) is 24.1. The lowest BCUT2D eigenvalue weighted by atomic mass is 10.2. The molecule has 1 fully saturated rings. The molecule has 0 aliphatic heterocycles. The van der Waals surface area contributed by atoms with Crippen LogP contribution >= 0.6 is 15.9 Å². The number of benzene rings is 1. The Balaban J connectivity index is 1.92. The van der Waals surface area contributed by atoms with Gasteiger partial charge in [-0.25, -0.2) is 4.79 Å². The summed E-state index contributed by atoms with van der Waals surface area (Å²) in [6.45, 7) is 1.58. The van der Waals surface area contributed by atoms with Gasteiger partial charge in [-0.2, -0.15) is 0 Å². The second kappa shape index (κ2) is 7.63. The number of hydrogen-bond acceptors (Lipinski definition) is 4. The molecular formula is C16H20BrNO4. The highest BCUT2D eigenvalue weighted by molar-refractivity contribution is 9.10. The highest BCUT2D eigenvalue weighted by Gasteiger charge is 2.23. The lowest BCUT2D eigenvalue weighted by molar-refractivity contribution is -0.129. The van der Waals surface area contributed by atoms with Crippen molar-refractivity contribution in [1.82, 2.24) is 5.32 Å². The largest absolute Gasteiger partial charge is 0.496 e. The molecule has 0 bridgehead atoms. The topological polar surface area (TPSA) is 64.6 Å². The number of carbonyl (C=O) groups excluding carboxylic acids is 2. The Morgan fingerprint density at radius 1 is 1.32 bits per heavy atom. The maximum Gasteiger partial charge on any atom is 0.338 e. The molecule has 2 rings (SSSR count). The van der Waals surface area contributed by atoms with Gasteiger partial charge < -0.3 is 14.8 Å². The molecule has 0 radical (unpaired) electrons. The highest BCUT2D eigenvalue weighted by atomic mass is 79.9. The minimum Gasteiger partial charge on any atom is -0.496 e. The van der Waals surface area contributed by atoms with Crippen molar-refractivity contribution in [2.24, 2.45) is 0 Å². The molecule has 5 nitrogen and oxygen atoms in total. The van der Waals surface area contributed by atoms with Crippen LogP contribution in [0.1, 0.15) is 43.0 Å². The van der Waals surface area contributed by atoms with E-state index in [-0.39, 0.29) is 11.9 Å². The van der Waals surface area contributed by atoms with Crippen molar-refractivity contribution in [2.45, 2.75) is 44.8 Å². The average molecular weight is 370 g/mol. The minimum atomic E-state index is -0.811. The normalized spacial score (nSPS) is 16.1. The Hall–Kier alpha value is -1.56. The molecule has 1 atom stereocenters. The van der Waals surface area contributed by atoms with Crippen molar-refractivity contribution in [3.8, 4) is 5.75 Å². The van der Waals surface area contributed by atoms with E-state index in [1.54, 1.807) is 32.2 Å². The molecule has 1 saturated carbocycles. The van der Waals surface area contributed by atoms with Crippen molar-refractivity contribution in [1.29, 1.82) is 0 Å². The van der Waals surface area contributed by atoms with Crippen LogP contribution in [0.2, 0.25) is 0 Å². The SMILES string of the molecule is COc1ccc(C(=O)OC(C)C(=O)NC2CCCC2)cc1Br. The van der Waals surface area contributed by atoms with E-state index in [1.165, 1.54) is 0 Å². The first-order valence-electron chi connectivity index (χ1n) is 7.36. The van der Waals surface area contributed by atoms with Crippen LogP contribution in [0.5, 0.6) is 5.75 Å². The zero-order chi connectivity index (χ0) is 16.1. The van der Waals surface area contributed by atoms with Crippen LogP contribution in [-0.4, -0.2) is 31.1 Å². The number of ether oxygens (including phenoxy) is 2. The second-order valence-electron chi connectivity index (χ2n) is 5.39. The van der Waals surface area contributed by atoms with Crippen LogP contribution in [-0.2, 0) is 9.53 Å². The Labute approximate surface area is 138 Å². The van der Waals surface area contributed by atoms with Crippen LogP contribution in [0.15, 0.2) is 22.7 Å². The van der Waals surface area contributed by atoms with E-state index < -0.39 is 12.1 Å². The fourth-order valence-corrected chi connectivity index (χ4v) is 3.00. The van der Waals surface area contributed by atoms with Crippen molar-refractivity contribution in [2.75, 3.05) is 7.11 Å². The third kappa shape index (κ3) is 4.22. The van der Waals surface area contributed by atoms with E-state index >= 15 is 0 Å². The molecule has 6 heteroatoms. The van der Waals surface area contributed by atoms with Gasteiger partial charge in [0.2, 0.25) is 0 Å². The van der Waals surface area contributed by atoms with Gasteiger partial charge in [0.15, 0.2) is 6.10 Å². The van der Waals surface area contributed by atoms with Crippen LogP contribution < -0.4 is 10.1 Å². The predicted molar refractivity (Wildman–Crippen MR) is 86.0 cm³/mol. The number of methoxy groups -OCH3 is 1. The van der Waals surface area contributed by atoms with Crippen LogP contribution in [0.25, 0.3) is 0 Å². The van der Waals surface area contributed by atoms with Gasteiger partial charge in [-0.1, -0.05) is 12.8 Å². The van der Waals surface area contributed by atoms with Crippen molar-refractivity contribution in [3.63, 3.8) is 0 Å². The standard InChI is InChI=1S/C16H20BrNO4/c1-10(15(19)18-12-5-3-4-6-12)22-16(20)11-7-8-14(21-2)13(17)9-11/h7-10,12H,3-6H2,1-2H3,(H,18,19). The van der Waals surface area contributed by atoms with E-state index in [9.17, 15) is 9.59 Å². The number of rotatable bonds is 5. The quantitative estimate of drug-likeness (QED) is 0.810. The van der Waals surface area contributed by atoms with E-state index in [2.05, 4.69) is 21.2 Å². The van der Waals surface area contributed by atoms with Gasteiger partial charge >= 0.3 is 5.97 Å². The maximum atomic E-state index is 12.1. The minimum absolute atomic E-state index is 0.212. The van der Waals surface area contributed by atoms with Gasteiger partial charge in [-0.3, -0.25) is 4.79 Å². The molecule has 1 aromatic carbocycles. The first kappa shape index (κ1) is 16.8. The third-order valence-corrected chi connectivity index (χ3v) is 4.36. The van der Waals surface area contributed by atoms with Gasteiger partial charge in [-0.15, -0.1) is 0 Å². The first-order chi connectivity index (χ1) is 10.5. The summed E-state index contributed by atoms with van der Waals surface area (Å²) in [7, 11) is 1.55. The van der Waals surface area contributed by atoms with Gasteiger partial charge in [-0.05, 0) is 53.9 Å². The summed E-state index contributed by atoms with van der Waals surface area (Å²) in [6.07, 6.45) is 3.46. The molecule has 1 unspecified atom stereocenters. The molecule has 0 spiro atoms. The van der Waals surface area contributed by atoms with E-state index in [0.29, 0.717) is 15.8 Å². The number of amides is 1. The lowest BCUT2D eigenvalue weighted by Crippen LogP contribution is -2.40. The highest BCUT2D eigenvalue weighted by Crippen LogP contribution is 2.26. The number of nitrogens with one attached hydrogen (secondary N) is 1. The lowest BCUT2D eigenvalue weighted by Gasteiger charge is -2.17. The summed E-state index contributed by atoms with van der Waals surface area (Å²) in [5.74, 6) is -0.145. The molecule has 0 aromatic heterocycles. The molecule has 1 N–H and O–H groups in total. The molecule has 0 saturated heterocycles. The number of esters is 1. The zero-order valence-electron chi connectivity index (χ0n) is 12.7. The zero-order valence-corrected chi connectivity index (χ0v) is 14.3. The van der Waals surface area contributed by atoms with Gasteiger partial charge in [0, 0.05) is 6.04 Å². The molecule has 1 amide bonds. The second-order valence-corrected chi connectivity index (χ2v) is 6.24. The van der Waals surface area contributed by atoms with Crippen molar-refractivity contribution < 1.29 is 19.1 Å². The smallest absolute Gasteiger partial charge is 0.338 e. The Kier molecular flexibility index (Phi) is 5.83. The van der Waals surface area contributed by atoms with E-state index in [0.717, 1.165) is 25.7 Å². The summed E-state index contributed by atoms with van der Waals surface area (Å²) < 4.78 is 11.0. The fraction of sp³-hybridized carbons (Fsp3) is 0.500. The van der Waals surface area contributed by atoms with Gasteiger partial charge in [0.25, 0.3) is 5.91 Å². The molecule has 120 valence electrons. The molecule has 0 heterocycles. The van der Waals surface area contributed by atoms with Crippen LogP contribution in [0.3, 0.4) is 0 Å². The monoisotopic (exact) mass is 369 g/mol. The third-order valence-electron chi connectivity index (χ3n) is 3.74. The average Bonchev–Trinajstić information content (AvgIpc) is 2.99. The van der Waals surface area contributed by atoms with Crippen LogP contribution in [0.4, 0.5) is 0 Å². The maximum absolute atomic E-state index is 12.1. The van der Waals surface area contributed by atoms with Crippen molar-refractivity contribution >= 4 is 27.8 Å². The fourth-order valence-electron chi connectivity index (χ4n) is 2.46. The summed E-state index contributed by atoms with van der Waals surface area (Å²) in [5.41, 5.74) is 0.369. The molecule has 1 aliphatic carbocycles. The van der Waals surface area contributed by atoms with Gasteiger partial charge in [0.1, 0.15) is 5.75 Å². The molecular weight excluding hydrogens is 350 g/mol. The van der Waals surface area contributed by atoms with Crippen molar-refractivity contribution in [3.05, 3.63) is 28.2 Å². The Bertz CT molecular complexity index is 555. The first-order valence-corrected chi connectivity index (χ1v) is 8.15. The summed E-state index contributed by atoms with van der Waals surface area (Å²) in [5, 5.41) is 2.92. The number of hydrogen-bond donors (Lipinski definition) is 1. The van der Waals surface area contributed by atoms with E-state index in [1.807, 2.05) is 0 Å². The summed E-state index contributed by atoms with van der Waals surface area (Å²) >= 11 is 3.32.